The monoisotopic (exact) mass is 540 g/mol. The number of benzene rings is 4. The molecule has 0 N–H and O–H groups in total. The van der Waals surface area contributed by atoms with Gasteiger partial charge in [-0.1, -0.05) is 79.4 Å². The smallest absolute Gasteiger partial charge is 0.270 e. The van der Waals surface area contributed by atoms with E-state index in [2.05, 4.69) is 106 Å². The van der Waals surface area contributed by atoms with Crippen LogP contribution in [-0.2, 0) is 0 Å². The molecule has 7 aromatic rings. The SMILES string of the molecule is [C-]#[N+]c1cc(-c2ccc(-c3ccc4c(c3)sc3cc(-c5ccc(-c6ccnc(C#N)c6)cc5)ccc34)cc2)ccn1. The van der Waals surface area contributed by atoms with Crippen LogP contribution in [0.1, 0.15) is 5.69 Å². The van der Waals surface area contributed by atoms with Crippen LogP contribution in [-0.4, -0.2) is 9.97 Å². The summed E-state index contributed by atoms with van der Waals surface area (Å²) in [6.45, 7) is 7.21. The first-order valence-electron chi connectivity index (χ1n) is 13.1. The summed E-state index contributed by atoms with van der Waals surface area (Å²) in [5.41, 5.74) is 9.19. The maximum atomic E-state index is 9.16. The molecule has 3 heterocycles. The van der Waals surface area contributed by atoms with Gasteiger partial charge >= 0.3 is 0 Å². The van der Waals surface area contributed by atoms with Crippen molar-refractivity contribution in [3.63, 3.8) is 0 Å². The maximum Gasteiger partial charge on any atom is 0.270 e. The van der Waals surface area contributed by atoms with Crippen LogP contribution >= 0.6 is 11.3 Å². The number of aromatic nitrogens is 2. The molecule has 0 bridgehead atoms. The van der Waals surface area contributed by atoms with Gasteiger partial charge in [-0.15, -0.1) is 16.3 Å². The zero-order valence-corrected chi connectivity index (χ0v) is 22.6. The number of nitrogens with zero attached hydrogens (tertiary/aromatic N) is 4. The summed E-state index contributed by atoms with van der Waals surface area (Å²) in [6.07, 6.45) is 3.36. The van der Waals surface area contributed by atoms with E-state index in [0.717, 1.165) is 33.4 Å². The second-order valence-electron chi connectivity index (χ2n) is 9.73. The minimum atomic E-state index is 0.405. The molecular formula is C36H20N4S. The van der Waals surface area contributed by atoms with Gasteiger partial charge in [0.05, 0.1) is 0 Å². The molecule has 0 amide bonds. The van der Waals surface area contributed by atoms with E-state index in [4.69, 9.17) is 11.8 Å². The summed E-state index contributed by atoms with van der Waals surface area (Å²) in [5, 5.41) is 11.7. The number of thiophene rings is 1. The highest BCUT2D eigenvalue weighted by atomic mass is 32.1. The number of nitriles is 1. The van der Waals surface area contributed by atoms with Gasteiger partial charge in [0.1, 0.15) is 18.0 Å². The first-order chi connectivity index (χ1) is 20.2. The van der Waals surface area contributed by atoms with E-state index in [-0.39, 0.29) is 0 Å². The lowest BCUT2D eigenvalue weighted by Gasteiger charge is -2.06. The van der Waals surface area contributed by atoms with Crippen molar-refractivity contribution in [3.05, 3.63) is 139 Å². The molecule has 0 aliphatic heterocycles. The minimum Gasteiger partial charge on any atom is -0.361 e. The molecule has 0 aliphatic carbocycles. The van der Waals surface area contributed by atoms with Gasteiger partial charge in [-0.05, 0) is 80.9 Å². The Morgan fingerprint density at radius 2 is 0.976 bits per heavy atom. The fourth-order valence-corrected chi connectivity index (χ4v) is 6.36. The second-order valence-corrected chi connectivity index (χ2v) is 10.8. The van der Waals surface area contributed by atoms with Crippen molar-refractivity contribution >= 4 is 37.3 Å². The van der Waals surface area contributed by atoms with Crippen molar-refractivity contribution in [1.29, 1.82) is 5.26 Å². The number of hydrogen-bond donors (Lipinski definition) is 0. The van der Waals surface area contributed by atoms with Crippen molar-refractivity contribution < 1.29 is 0 Å². The first kappa shape index (κ1) is 24.4. The highest BCUT2D eigenvalue weighted by molar-refractivity contribution is 7.25. The quantitative estimate of drug-likeness (QED) is 0.209. The zero-order valence-electron chi connectivity index (χ0n) is 21.7. The molecule has 7 rings (SSSR count). The third-order valence-corrected chi connectivity index (χ3v) is 8.43. The standard InChI is InChI=1S/C36H20N4S/c1-38-36-21-30(15-17-40-36)26-8-4-24(5-9-26)28-11-13-33-32-12-10-27(19-34(32)41-35(33)20-28)23-2-6-25(7-3-23)29-14-16-39-31(18-29)22-37/h2-21H. The highest BCUT2D eigenvalue weighted by Gasteiger charge is 2.10. The third-order valence-electron chi connectivity index (χ3n) is 7.31. The fourth-order valence-electron chi connectivity index (χ4n) is 5.18. The van der Waals surface area contributed by atoms with Gasteiger partial charge in [-0.25, -0.2) is 4.98 Å². The molecule has 0 spiro atoms. The summed E-state index contributed by atoms with van der Waals surface area (Å²) < 4.78 is 2.52. The molecule has 0 fully saturated rings. The van der Waals surface area contributed by atoms with Gasteiger partial charge in [0.25, 0.3) is 5.82 Å². The fraction of sp³-hybridized carbons (Fsp3) is 0. The lowest BCUT2D eigenvalue weighted by molar-refractivity contribution is 1.26. The number of fused-ring (bicyclic) bond motifs is 3. The van der Waals surface area contributed by atoms with Crippen LogP contribution in [0.15, 0.2) is 122 Å². The van der Waals surface area contributed by atoms with Crippen LogP contribution in [0.5, 0.6) is 0 Å². The molecule has 41 heavy (non-hydrogen) atoms. The first-order valence-corrected chi connectivity index (χ1v) is 13.9. The summed E-state index contributed by atoms with van der Waals surface area (Å²) in [5.74, 6) is 0.405. The largest absolute Gasteiger partial charge is 0.361 e. The summed E-state index contributed by atoms with van der Waals surface area (Å²) in [6, 6.07) is 39.9. The molecule has 0 aliphatic rings. The molecule has 0 unspecified atom stereocenters. The summed E-state index contributed by atoms with van der Waals surface area (Å²) in [4.78, 5) is 11.6. The molecule has 0 saturated heterocycles. The van der Waals surface area contributed by atoms with Gasteiger partial charge < -0.3 is 4.85 Å². The molecule has 190 valence electrons. The summed E-state index contributed by atoms with van der Waals surface area (Å²) in [7, 11) is 0. The zero-order chi connectivity index (χ0) is 27.8. The third kappa shape index (κ3) is 4.61. The average molecular weight is 541 g/mol. The van der Waals surface area contributed by atoms with E-state index in [0.29, 0.717) is 11.5 Å². The van der Waals surface area contributed by atoms with E-state index in [9.17, 15) is 0 Å². The predicted molar refractivity (Wildman–Crippen MR) is 168 cm³/mol. The van der Waals surface area contributed by atoms with Crippen LogP contribution in [0, 0.1) is 17.9 Å². The average Bonchev–Trinajstić information content (AvgIpc) is 3.42. The van der Waals surface area contributed by atoms with E-state index < -0.39 is 0 Å². The molecule has 0 radical (unpaired) electrons. The van der Waals surface area contributed by atoms with E-state index in [1.807, 2.05) is 35.6 Å². The van der Waals surface area contributed by atoms with E-state index in [1.54, 1.807) is 12.4 Å². The lowest BCUT2D eigenvalue weighted by atomic mass is 9.98. The van der Waals surface area contributed by atoms with Gasteiger partial charge in [-0.2, -0.15) is 5.26 Å². The summed E-state index contributed by atoms with van der Waals surface area (Å²) >= 11 is 1.81. The number of rotatable bonds is 4. The molecule has 3 aromatic heterocycles. The Hall–Kier alpha value is -5.62. The van der Waals surface area contributed by atoms with Gasteiger partial charge in [0.2, 0.25) is 0 Å². The van der Waals surface area contributed by atoms with Gasteiger partial charge in [0.15, 0.2) is 0 Å². The Morgan fingerprint density at radius 3 is 1.46 bits per heavy atom. The van der Waals surface area contributed by atoms with Crippen molar-refractivity contribution in [3.8, 4) is 50.6 Å². The topological polar surface area (TPSA) is 53.9 Å². The Kier molecular flexibility index (Phi) is 6.06. The lowest BCUT2D eigenvalue weighted by Crippen LogP contribution is -1.84. The Morgan fingerprint density at radius 1 is 0.537 bits per heavy atom. The molecular weight excluding hydrogens is 520 g/mol. The second kappa shape index (κ2) is 10.2. The van der Waals surface area contributed by atoms with E-state index >= 15 is 0 Å². The van der Waals surface area contributed by atoms with Gasteiger partial charge in [0, 0.05) is 26.4 Å². The van der Waals surface area contributed by atoms with Crippen LogP contribution in [0.2, 0.25) is 0 Å². The maximum absolute atomic E-state index is 9.16. The van der Waals surface area contributed by atoms with Crippen molar-refractivity contribution in [2.24, 2.45) is 0 Å². The molecule has 4 nitrogen and oxygen atoms in total. The minimum absolute atomic E-state index is 0.405. The van der Waals surface area contributed by atoms with Crippen LogP contribution in [0.3, 0.4) is 0 Å². The molecule has 0 saturated carbocycles. The normalized spacial score (nSPS) is 10.9. The molecule has 0 atom stereocenters. The van der Waals surface area contributed by atoms with Crippen LogP contribution in [0.25, 0.3) is 69.5 Å². The Bertz CT molecular complexity index is 2010. The Balaban J connectivity index is 1.18. The van der Waals surface area contributed by atoms with Crippen molar-refractivity contribution in [1.82, 2.24) is 9.97 Å². The van der Waals surface area contributed by atoms with Crippen molar-refractivity contribution in [2.45, 2.75) is 0 Å². The molecule has 5 heteroatoms. The predicted octanol–water partition coefficient (Wildman–Crippen LogP) is 9.93. The Labute approximate surface area is 241 Å². The highest BCUT2D eigenvalue weighted by Crippen LogP contribution is 2.39. The van der Waals surface area contributed by atoms with E-state index in [1.165, 1.54) is 31.3 Å². The van der Waals surface area contributed by atoms with Crippen molar-refractivity contribution in [2.75, 3.05) is 0 Å². The molecule has 4 aromatic carbocycles. The number of pyridine rings is 2. The number of hydrogen-bond acceptors (Lipinski definition) is 4. The van der Waals surface area contributed by atoms with Crippen LogP contribution in [0.4, 0.5) is 5.82 Å². The van der Waals surface area contributed by atoms with Crippen LogP contribution < -0.4 is 0 Å². The van der Waals surface area contributed by atoms with Gasteiger partial charge in [-0.3, -0.25) is 0 Å².